The Bertz CT molecular complexity index is 347. The van der Waals surface area contributed by atoms with Crippen LogP contribution in [0.2, 0.25) is 0 Å². The highest BCUT2D eigenvalue weighted by Gasteiger charge is 2.70. The lowest BCUT2D eigenvalue weighted by atomic mass is 9.63. The molecule has 0 radical (unpaired) electrons. The summed E-state index contributed by atoms with van der Waals surface area (Å²) in [5.74, 6) is 1.66. The maximum absolute atomic E-state index is 10.7. The summed E-state index contributed by atoms with van der Waals surface area (Å²) < 4.78 is 0. The maximum atomic E-state index is 10.7. The minimum absolute atomic E-state index is 0.172. The summed E-state index contributed by atoms with van der Waals surface area (Å²) in [6.45, 7) is 8.83. The van der Waals surface area contributed by atoms with Crippen LogP contribution in [0.25, 0.3) is 0 Å². The van der Waals surface area contributed by atoms with Crippen molar-refractivity contribution in [3.8, 4) is 0 Å². The van der Waals surface area contributed by atoms with E-state index in [1.807, 2.05) is 6.92 Å². The van der Waals surface area contributed by atoms with E-state index < -0.39 is 11.7 Å². The van der Waals surface area contributed by atoms with Gasteiger partial charge < -0.3 is 10.2 Å². The smallest absolute Gasteiger partial charge is 0.0911 e. The largest absolute Gasteiger partial charge is 0.390 e. The number of aliphatic hydroxyl groups excluding tert-OH is 1. The van der Waals surface area contributed by atoms with Crippen LogP contribution in [0.1, 0.15) is 53.4 Å². The molecule has 2 heteroatoms. The first-order chi connectivity index (χ1) is 7.73. The van der Waals surface area contributed by atoms with Crippen LogP contribution >= 0.6 is 0 Å². The zero-order valence-electron chi connectivity index (χ0n) is 11.5. The molecule has 2 bridgehead atoms. The molecule has 0 aliphatic heterocycles. The first-order valence-corrected chi connectivity index (χ1v) is 7.13. The average Bonchev–Trinajstić information content (AvgIpc) is 2.61. The Balaban J connectivity index is 2.10. The Morgan fingerprint density at radius 1 is 1.00 bits per heavy atom. The second kappa shape index (κ2) is 3.08. The molecule has 0 aromatic heterocycles. The lowest BCUT2D eigenvalue weighted by molar-refractivity contribution is -0.153. The Labute approximate surface area is 104 Å². The Hall–Kier alpha value is -0.0800. The third-order valence-electron chi connectivity index (χ3n) is 6.90. The first-order valence-electron chi connectivity index (χ1n) is 7.13. The summed E-state index contributed by atoms with van der Waals surface area (Å²) >= 11 is 0. The maximum Gasteiger partial charge on any atom is 0.0911 e. The Kier molecular flexibility index (Phi) is 2.17. The third kappa shape index (κ3) is 1.19. The minimum atomic E-state index is -0.890. The van der Waals surface area contributed by atoms with Crippen molar-refractivity contribution in [1.29, 1.82) is 0 Å². The highest BCUT2D eigenvalue weighted by atomic mass is 16.3. The van der Waals surface area contributed by atoms with Gasteiger partial charge in [-0.2, -0.15) is 0 Å². The molecule has 0 aromatic rings. The molecular formula is C15H26O2. The molecule has 2 N–H and O–H groups in total. The molecule has 2 nitrogen and oxygen atoms in total. The Morgan fingerprint density at radius 3 is 2.29 bits per heavy atom. The van der Waals surface area contributed by atoms with Gasteiger partial charge in [-0.1, -0.05) is 20.8 Å². The van der Waals surface area contributed by atoms with Crippen molar-refractivity contribution < 1.29 is 10.2 Å². The molecule has 0 heterocycles. The third-order valence-corrected chi connectivity index (χ3v) is 6.90. The van der Waals surface area contributed by atoms with Gasteiger partial charge in [-0.25, -0.2) is 0 Å². The van der Waals surface area contributed by atoms with Crippen molar-refractivity contribution >= 4 is 0 Å². The molecule has 0 aromatic carbocycles. The van der Waals surface area contributed by atoms with Gasteiger partial charge in [0.2, 0.25) is 0 Å². The highest BCUT2D eigenvalue weighted by Crippen LogP contribution is 2.73. The molecule has 1 spiro atoms. The fourth-order valence-corrected chi connectivity index (χ4v) is 5.86. The lowest BCUT2D eigenvalue weighted by Gasteiger charge is -2.47. The van der Waals surface area contributed by atoms with Crippen LogP contribution in [0.15, 0.2) is 0 Å². The summed E-state index contributed by atoms with van der Waals surface area (Å²) in [5, 5.41) is 21.0. The van der Waals surface area contributed by atoms with Crippen LogP contribution < -0.4 is 0 Å². The van der Waals surface area contributed by atoms with Crippen LogP contribution in [-0.2, 0) is 0 Å². The second-order valence-corrected chi connectivity index (χ2v) is 7.79. The average molecular weight is 238 g/mol. The van der Waals surface area contributed by atoms with E-state index in [2.05, 4.69) is 20.8 Å². The van der Waals surface area contributed by atoms with E-state index in [1.54, 1.807) is 0 Å². The molecule has 3 aliphatic carbocycles. The van der Waals surface area contributed by atoms with Gasteiger partial charge in [0.05, 0.1) is 11.7 Å². The van der Waals surface area contributed by atoms with E-state index >= 15 is 0 Å². The topological polar surface area (TPSA) is 40.5 Å². The summed E-state index contributed by atoms with van der Waals surface area (Å²) in [7, 11) is 0. The van der Waals surface area contributed by atoms with Crippen LogP contribution in [0, 0.1) is 28.6 Å². The monoisotopic (exact) mass is 238 g/mol. The van der Waals surface area contributed by atoms with E-state index in [-0.39, 0.29) is 11.3 Å². The van der Waals surface area contributed by atoms with Crippen LogP contribution in [0.5, 0.6) is 0 Å². The van der Waals surface area contributed by atoms with Gasteiger partial charge in [0.15, 0.2) is 0 Å². The summed E-state index contributed by atoms with van der Waals surface area (Å²) in [6, 6.07) is 0. The molecule has 6 atom stereocenters. The van der Waals surface area contributed by atoms with Crippen molar-refractivity contribution in [1.82, 2.24) is 0 Å². The zero-order valence-corrected chi connectivity index (χ0v) is 11.5. The molecule has 3 saturated carbocycles. The van der Waals surface area contributed by atoms with E-state index in [4.69, 9.17) is 0 Å². The fraction of sp³-hybridized carbons (Fsp3) is 1.00. The van der Waals surface area contributed by atoms with Crippen molar-refractivity contribution in [2.24, 2.45) is 28.6 Å². The zero-order chi connectivity index (χ0) is 12.6. The highest BCUT2D eigenvalue weighted by molar-refractivity contribution is 5.19. The quantitative estimate of drug-likeness (QED) is 0.681. The van der Waals surface area contributed by atoms with Gasteiger partial charge in [-0.3, -0.25) is 0 Å². The molecule has 0 amide bonds. The summed E-state index contributed by atoms with van der Waals surface area (Å²) in [5.41, 5.74) is -0.402. The summed E-state index contributed by atoms with van der Waals surface area (Å²) in [4.78, 5) is 0. The normalized spacial score (nSPS) is 60.4. The van der Waals surface area contributed by atoms with Crippen LogP contribution in [0.4, 0.5) is 0 Å². The minimum Gasteiger partial charge on any atom is -0.390 e. The molecule has 3 aliphatic rings. The number of hydrogen-bond donors (Lipinski definition) is 2. The SMILES string of the molecule is C[C@@H]1CC[C@H]2C(C)(C)[C@@H]3C[C@@]12C[C@H](O)[C@@]3(C)O. The van der Waals surface area contributed by atoms with Crippen molar-refractivity contribution in [2.75, 3.05) is 0 Å². The van der Waals surface area contributed by atoms with Crippen molar-refractivity contribution in [2.45, 2.75) is 65.1 Å². The predicted octanol–water partition coefficient (Wildman–Crippen LogP) is 2.58. The van der Waals surface area contributed by atoms with E-state index in [0.29, 0.717) is 17.3 Å². The molecule has 98 valence electrons. The summed E-state index contributed by atoms with van der Waals surface area (Å²) in [6.07, 6.45) is 3.98. The molecular weight excluding hydrogens is 212 g/mol. The number of aliphatic hydroxyl groups is 2. The van der Waals surface area contributed by atoms with Gasteiger partial charge >= 0.3 is 0 Å². The number of fused-ring (bicyclic) bond motifs is 1. The molecule has 3 rings (SSSR count). The predicted molar refractivity (Wildman–Crippen MR) is 67.5 cm³/mol. The number of rotatable bonds is 0. The molecule has 0 saturated heterocycles. The van der Waals surface area contributed by atoms with Gasteiger partial charge in [0.25, 0.3) is 0 Å². The number of hydrogen-bond acceptors (Lipinski definition) is 2. The van der Waals surface area contributed by atoms with Crippen molar-refractivity contribution in [3.63, 3.8) is 0 Å². The van der Waals surface area contributed by atoms with Gasteiger partial charge in [0.1, 0.15) is 0 Å². The molecule has 3 fully saturated rings. The van der Waals surface area contributed by atoms with Gasteiger partial charge in [0, 0.05) is 0 Å². The van der Waals surface area contributed by atoms with Gasteiger partial charge in [-0.15, -0.1) is 0 Å². The van der Waals surface area contributed by atoms with Gasteiger partial charge in [-0.05, 0) is 61.2 Å². The molecule has 0 unspecified atom stereocenters. The second-order valence-electron chi connectivity index (χ2n) is 7.79. The van der Waals surface area contributed by atoms with E-state index in [1.165, 1.54) is 12.8 Å². The molecule has 17 heavy (non-hydrogen) atoms. The van der Waals surface area contributed by atoms with Crippen LogP contribution in [0.3, 0.4) is 0 Å². The first kappa shape index (κ1) is 12.0. The lowest BCUT2D eigenvalue weighted by Crippen LogP contribution is -2.53. The van der Waals surface area contributed by atoms with Crippen LogP contribution in [-0.4, -0.2) is 21.9 Å². The fourth-order valence-electron chi connectivity index (χ4n) is 5.86. The van der Waals surface area contributed by atoms with Crippen molar-refractivity contribution in [3.05, 3.63) is 0 Å². The van der Waals surface area contributed by atoms with E-state index in [0.717, 1.165) is 12.8 Å². The Morgan fingerprint density at radius 2 is 1.65 bits per heavy atom. The standard InChI is InChI=1S/C15H26O2/c1-9-5-6-10-13(2,3)11-7-15(9,10)8-12(16)14(11,4)17/h9-12,16-17H,5-8H2,1-4H3/t9-,10+,11+,12+,14+,15-/m1/s1. The van der Waals surface area contributed by atoms with E-state index in [9.17, 15) is 10.2 Å².